The molecule has 0 aromatic heterocycles. The molecule has 0 radical (unpaired) electrons. The van der Waals surface area contributed by atoms with Crippen molar-refractivity contribution in [1.82, 2.24) is 0 Å². The largest absolute Gasteiger partial charge is 0.507 e. The second-order valence-electron chi connectivity index (χ2n) is 4.42. The third-order valence-corrected chi connectivity index (χ3v) is 2.68. The summed E-state index contributed by atoms with van der Waals surface area (Å²) < 4.78 is 113. The average molecular weight is 377 g/mol. The first kappa shape index (κ1) is 20.3. The van der Waals surface area contributed by atoms with Crippen molar-refractivity contribution in [3.63, 3.8) is 0 Å². The van der Waals surface area contributed by atoms with Crippen LogP contribution in [0.2, 0.25) is 0 Å². The van der Waals surface area contributed by atoms with E-state index in [1.807, 2.05) is 0 Å². The summed E-state index contributed by atoms with van der Waals surface area (Å²) >= 11 is 0. The molecule has 0 saturated heterocycles. The van der Waals surface area contributed by atoms with Gasteiger partial charge in [-0.25, -0.2) is 4.85 Å². The van der Waals surface area contributed by atoms with Crippen LogP contribution < -0.4 is 0 Å². The molecule has 0 atom stereocenters. The molecule has 1 aromatic carbocycles. The lowest BCUT2D eigenvalue weighted by Gasteiger charge is -2.16. The number of rotatable bonds is 2. The summed E-state index contributed by atoms with van der Waals surface area (Å²) in [6.45, 7) is 6.50. The van der Waals surface area contributed by atoms with Gasteiger partial charge in [0.25, 0.3) is 5.78 Å². The Bertz CT molecular complexity index is 729. The number of alkyl halides is 9. The van der Waals surface area contributed by atoms with E-state index in [-0.39, 0.29) is 12.1 Å². The van der Waals surface area contributed by atoms with E-state index in [0.717, 1.165) is 0 Å². The molecule has 0 heterocycles. The molecule has 0 unspecified atom stereocenters. The normalized spacial score (nSPS) is 13.5. The Morgan fingerprint density at radius 3 is 1.64 bits per heavy atom. The number of nitrogens with zero attached hydrogens (tertiary/aromatic N) is 1. The third-order valence-electron chi connectivity index (χ3n) is 2.68. The fourth-order valence-electron chi connectivity index (χ4n) is 1.62. The zero-order valence-corrected chi connectivity index (χ0v) is 11.4. The molecular weight excluding hydrogens is 373 g/mol. The summed E-state index contributed by atoms with van der Waals surface area (Å²) in [5.41, 5.74) is -7.43. The van der Waals surface area contributed by atoms with Gasteiger partial charge in [-0.2, -0.15) is 39.5 Å². The van der Waals surface area contributed by atoms with Crippen molar-refractivity contribution < 1.29 is 49.4 Å². The first-order chi connectivity index (χ1) is 11.1. The summed E-state index contributed by atoms with van der Waals surface area (Å²) in [5, 5.41) is 9.33. The van der Waals surface area contributed by atoms with Crippen LogP contribution in [0.15, 0.2) is 18.2 Å². The zero-order valence-electron chi connectivity index (χ0n) is 11.4. The summed E-state index contributed by atoms with van der Waals surface area (Å²) in [5.74, 6) is -4.46. The van der Waals surface area contributed by atoms with Gasteiger partial charge in [-0.05, 0) is 12.1 Å². The maximum Gasteiger partial charge on any atom is 0.454 e. The van der Waals surface area contributed by atoms with E-state index in [1.54, 1.807) is 0 Å². The molecule has 0 aliphatic carbocycles. The molecular formula is C13H4F9NO2. The Labute approximate surface area is 132 Å². The number of aliphatic hydroxyl groups is 1. The number of benzene rings is 1. The van der Waals surface area contributed by atoms with Crippen LogP contribution in [0.5, 0.6) is 0 Å². The van der Waals surface area contributed by atoms with Crippen LogP contribution in [0.1, 0.15) is 16.7 Å². The fraction of sp³-hybridized carbons (Fsp3) is 0.231. The monoisotopic (exact) mass is 377 g/mol. The van der Waals surface area contributed by atoms with Crippen LogP contribution in [0, 0.1) is 6.57 Å². The van der Waals surface area contributed by atoms with Gasteiger partial charge in [0.2, 0.25) is 5.69 Å². The summed E-state index contributed by atoms with van der Waals surface area (Å²) in [7, 11) is 0. The van der Waals surface area contributed by atoms with Crippen molar-refractivity contribution in [3.05, 3.63) is 46.3 Å². The second kappa shape index (κ2) is 6.30. The van der Waals surface area contributed by atoms with E-state index < -0.39 is 58.5 Å². The molecule has 0 bridgehead atoms. The van der Waals surface area contributed by atoms with Crippen molar-refractivity contribution in [3.8, 4) is 0 Å². The van der Waals surface area contributed by atoms with Crippen molar-refractivity contribution in [2.45, 2.75) is 18.5 Å². The van der Waals surface area contributed by atoms with Crippen LogP contribution in [-0.2, 0) is 17.1 Å². The van der Waals surface area contributed by atoms with Gasteiger partial charge in [-0.1, -0.05) is 0 Å². The number of hydrogen-bond acceptors (Lipinski definition) is 2. The Kier molecular flexibility index (Phi) is 5.13. The van der Waals surface area contributed by atoms with Crippen molar-refractivity contribution in [1.29, 1.82) is 0 Å². The maximum atomic E-state index is 12.8. The van der Waals surface area contributed by atoms with Gasteiger partial charge in [0.05, 0.1) is 17.7 Å². The van der Waals surface area contributed by atoms with Gasteiger partial charge in [-0.3, -0.25) is 4.79 Å². The number of aliphatic hydroxyl groups excluding tert-OH is 1. The van der Waals surface area contributed by atoms with Crippen LogP contribution in [-0.4, -0.2) is 17.1 Å². The SMILES string of the molecule is [C-]#[N+]c1c(C(F)(F)F)cc(/C(O)=C/C(=O)C(F)(F)F)cc1C(F)(F)F. The van der Waals surface area contributed by atoms with Crippen molar-refractivity contribution in [2.75, 3.05) is 0 Å². The first-order valence-corrected chi connectivity index (χ1v) is 5.81. The van der Waals surface area contributed by atoms with E-state index >= 15 is 0 Å². The molecule has 3 nitrogen and oxygen atoms in total. The smallest absolute Gasteiger partial charge is 0.454 e. The molecule has 0 fully saturated rings. The van der Waals surface area contributed by atoms with Gasteiger partial charge in [-0.15, -0.1) is 0 Å². The number of halogens is 9. The maximum absolute atomic E-state index is 12.8. The topological polar surface area (TPSA) is 41.7 Å². The fourth-order valence-corrected chi connectivity index (χ4v) is 1.62. The number of hydrogen-bond donors (Lipinski definition) is 1. The van der Waals surface area contributed by atoms with Gasteiger partial charge in [0.15, 0.2) is 0 Å². The lowest BCUT2D eigenvalue weighted by Crippen LogP contribution is -2.20. The summed E-state index contributed by atoms with van der Waals surface area (Å²) in [6.07, 6.45) is -17.0. The molecule has 0 aliphatic heterocycles. The van der Waals surface area contributed by atoms with Crippen molar-refractivity contribution in [2.24, 2.45) is 0 Å². The molecule has 136 valence electrons. The van der Waals surface area contributed by atoms with Gasteiger partial charge < -0.3 is 5.11 Å². The van der Waals surface area contributed by atoms with E-state index in [0.29, 0.717) is 0 Å². The Hall–Kier alpha value is -2.71. The zero-order chi connectivity index (χ0) is 19.8. The third kappa shape index (κ3) is 4.65. The summed E-state index contributed by atoms with van der Waals surface area (Å²) in [6, 6.07) is -0.309. The van der Waals surface area contributed by atoms with Gasteiger partial charge >= 0.3 is 18.5 Å². The molecule has 12 heteroatoms. The Morgan fingerprint density at radius 2 is 1.36 bits per heavy atom. The molecule has 0 aliphatic rings. The lowest BCUT2D eigenvalue weighted by molar-refractivity contribution is -0.165. The predicted octanol–water partition coefficient (Wildman–Crippen LogP) is 5.31. The minimum atomic E-state index is -5.50. The first-order valence-electron chi connectivity index (χ1n) is 5.81. The highest BCUT2D eigenvalue weighted by Gasteiger charge is 2.42. The number of carbonyl (C=O) groups is 1. The van der Waals surface area contributed by atoms with E-state index in [1.165, 1.54) is 0 Å². The Morgan fingerprint density at radius 1 is 0.960 bits per heavy atom. The molecule has 0 amide bonds. The second-order valence-corrected chi connectivity index (χ2v) is 4.42. The molecule has 0 saturated carbocycles. The highest BCUT2D eigenvalue weighted by molar-refractivity contribution is 5.99. The number of allylic oxidation sites excluding steroid dienone is 1. The molecule has 25 heavy (non-hydrogen) atoms. The van der Waals surface area contributed by atoms with Crippen LogP contribution in [0.25, 0.3) is 10.6 Å². The average Bonchev–Trinajstić information content (AvgIpc) is 2.42. The van der Waals surface area contributed by atoms with Gasteiger partial charge in [0, 0.05) is 11.6 Å². The van der Waals surface area contributed by atoms with Gasteiger partial charge in [0.1, 0.15) is 5.76 Å². The molecule has 1 rings (SSSR count). The molecule has 1 N–H and O–H groups in total. The Balaban J connectivity index is 3.73. The van der Waals surface area contributed by atoms with Crippen LogP contribution in [0.4, 0.5) is 45.2 Å². The van der Waals surface area contributed by atoms with E-state index in [9.17, 15) is 49.4 Å². The highest BCUT2D eigenvalue weighted by atomic mass is 19.4. The van der Waals surface area contributed by atoms with Crippen LogP contribution in [0.3, 0.4) is 0 Å². The standard InChI is InChI=1S/C13H4F9NO2/c1-23-10-6(11(14,15)16)2-5(3-7(10)12(17,18)19)8(24)4-9(25)13(20,21)22/h2-4,24H/b8-4-. The molecule has 0 spiro atoms. The lowest BCUT2D eigenvalue weighted by atomic mass is 10.00. The van der Waals surface area contributed by atoms with E-state index in [4.69, 9.17) is 6.57 Å². The minimum Gasteiger partial charge on any atom is -0.507 e. The predicted molar refractivity (Wildman–Crippen MR) is 64.4 cm³/mol. The highest BCUT2D eigenvalue weighted by Crippen LogP contribution is 2.45. The number of ketones is 1. The quantitative estimate of drug-likeness (QED) is 0.329. The van der Waals surface area contributed by atoms with Crippen molar-refractivity contribution >= 4 is 17.2 Å². The minimum absolute atomic E-state index is 0.155. The summed E-state index contributed by atoms with van der Waals surface area (Å²) in [4.78, 5) is 12.8. The molecule has 1 aromatic rings. The number of carbonyl (C=O) groups excluding carboxylic acids is 1. The van der Waals surface area contributed by atoms with E-state index in [2.05, 4.69) is 4.85 Å². The van der Waals surface area contributed by atoms with Crippen LogP contribution >= 0.6 is 0 Å².